The number of piperidine rings is 1. The molecule has 0 spiro atoms. The Morgan fingerprint density at radius 3 is 2.04 bits per heavy atom. The Labute approximate surface area is 138 Å². The molecule has 2 aromatic rings. The molecule has 3 unspecified atom stereocenters. The molecule has 120 valence electrons. The number of hydrogen-bond donors (Lipinski definition) is 2. The van der Waals surface area contributed by atoms with Gasteiger partial charge in [-0.05, 0) is 17.0 Å². The molecule has 1 saturated heterocycles. The second-order valence-corrected chi connectivity index (χ2v) is 6.58. The van der Waals surface area contributed by atoms with E-state index in [4.69, 9.17) is 0 Å². The van der Waals surface area contributed by atoms with Gasteiger partial charge in [-0.1, -0.05) is 79.7 Å². The van der Waals surface area contributed by atoms with Crippen molar-refractivity contribution in [3.63, 3.8) is 0 Å². The fraction of sp³-hybridized carbons (Fsp3) is 0.350. The second kappa shape index (κ2) is 6.97. The van der Waals surface area contributed by atoms with Crippen LogP contribution < -0.4 is 5.32 Å². The van der Waals surface area contributed by atoms with Gasteiger partial charge in [-0.3, -0.25) is 0 Å². The van der Waals surface area contributed by atoms with E-state index in [1.54, 1.807) is 0 Å². The Bertz CT molecular complexity index is 652. The van der Waals surface area contributed by atoms with Crippen molar-refractivity contribution < 1.29 is 5.21 Å². The number of oxime groups is 1. The molecule has 1 aliphatic heterocycles. The molecule has 0 aromatic heterocycles. The van der Waals surface area contributed by atoms with Gasteiger partial charge in [0.2, 0.25) is 0 Å². The molecular weight excluding hydrogens is 284 g/mol. The summed E-state index contributed by atoms with van der Waals surface area (Å²) in [6, 6.07) is 21.2. The lowest BCUT2D eigenvalue weighted by Crippen LogP contribution is -2.44. The summed E-state index contributed by atoms with van der Waals surface area (Å²) in [7, 11) is 0. The zero-order valence-corrected chi connectivity index (χ0v) is 13.7. The Hall–Kier alpha value is -2.13. The second-order valence-electron chi connectivity index (χ2n) is 6.58. The summed E-state index contributed by atoms with van der Waals surface area (Å²) in [5.74, 6) is 0.595. The van der Waals surface area contributed by atoms with E-state index in [1.807, 2.05) is 12.1 Å². The van der Waals surface area contributed by atoms with Crippen molar-refractivity contribution in [2.45, 2.75) is 32.4 Å². The molecule has 1 aliphatic rings. The third-order valence-electron chi connectivity index (χ3n) is 4.75. The van der Waals surface area contributed by atoms with Gasteiger partial charge in [-0.15, -0.1) is 0 Å². The van der Waals surface area contributed by atoms with Crippen LogP contribution in [-0.4, -0.2) is 10.9 Å². The molecule has 0 saturated carbocycles. The van der Waals surface area contributed by atoms with Crippen LogP contribution in [0.2, 0.25) is 0 Å². The fourth-order valence-electron chi connectivity index (χ4n) is 3.66. The van der Waals surface area contributed by atoms with E-state index in [-0.39, 0.29) is 18.0 Å². The van der Waals surface area contributed by atoms with Crippen LogP contribution in [0.4, 0.5) is 0 Å². The normalized spacial score (nSPS) is 26.6. The lowest BCUT2D eigenvalue weighted by Gasteiger charge is -2.40. The molecule has 3 rings (SSSR count). The van der Waals surface area contributed by atoms with Crippen molar-refractivity contribution in [1.29, 1.82) is 0 Å². The first kappa shape index (κ1) is 15.8. The summed E-state index contributed by atoms with van der Waals surface area (Å²) >= 11 is 0. The molecule has 0 radical (unpaired) electrons. The Kier molecular flexibility index (Phi) is 4.77. The summed E-state index contributed by atoms with van der Waals surface area (Å²) in [5.41, 5.74) is 3.37. The van der Waals surface area contributed by atoms with Gasteiger partial charge >= 0.3 is 0 Å². The highest BCUT2D eigenvalue weighted by atomic mass is 16.4. The first-order chi connectivity index (χ1) is 11.2. The molecule has 0 aliphatic carbocycles. The monoisotopic (exact) mass is 308 g/mol. The number of hydrogen-bond acceptors (Lipinski definition) is 3. The molecule has 1 heterocycles. The average Bonchev–Trinajstić information content (AvgIpc) is 2.62. The van der Waals surface area contributed by atoms with Crippen molar-refractivity contribution in [3.05, 3.63) is 71.8 Å². The van der Waals surface area contributed by atoms with E-state index < -0.39 is 0 Å². The van der Waals surface area contributed by atoms with Crippen LogP contribution in [0.5, 0.6) is 0 Å². The highest BCUT2D eigenvalue weighted by Crippen LogP contribution is 2.39. The third-order valence-corrected chi connectivity index (χ3v) is 4.75. The summed E-state index contributed by atoms with van der Waals surface area (Å²) in [4.78, 5) is 0. The SMILES string of the molecule is CC(C)C1/C(=N\O)CC(c2ccccc2)NC1c1ccccc1. The number of benzene rings is 2. The van der Waals surface area contributed by atoms with E-state index in [2.05, 4.69) is 72.9 Å². The van der Waals surface area contributed by atoms with Gasteiger partial charge in [0.15, 0.2) is 0 Å². The van der Waals surface area contributed by atoms with Crippen LogP contribution in [0.25, 0.3) is 0 Å². The minimum absolute atomic E-state index is 0.154. The zero-order chi connectivity index (χ0) is 16.2. The quantitative estimate of drug-likeness (QED) is 0.644. The van der Waals surface area contributed by atoms with E-state index in [0.717, 1.165) is 12.1 Å². The maximum absolute atomic E-state index is 9.60. The van der Waals surface area contributed by atoms with Crippen LogP contribution in [-0.2, 0) is 0 Å². The molecule has 0 amide bonds. The zero-order valence-electron chi connectivity index (χ0n) is 13.7. The Balaban J connectivity index is 1.98. The highest BCUT2D eigenvalue weighted by Gasteiger charge is 2.38. The molecule has 2 aromatic carbocycles. The lowest BCUT2D eigenvalue weighted by molar-refractivity contribution is 0.263. The molecule has 3 nitrogen and oxygen atoms in total. The lowest BCUT2D eigenvalue weighted by atomic mass is 9.75. The van der Waals surface area contributed by atoms with E-state index in [9.17, 15) is 5.21 Å². The maximum atomic E-state index is 9.60. The number of rotatable bonds is 3. The van der Waals surface area contributed by atoms with Crippen LogP contribution in [0.1, 0.15) is 43.5 Å². The summed E-state index contributed by atoms with van der Waals surface area (Å²) in [6.45, 7) is 4.38. The predicted octanol–water partition coefficient (Wildman–Crippen LogP) is 4.56. The van der Waals surface area contributed by atoms with Crippen LogP contribution in [0.3, 0.4) is 0 Å². The first-order valence-electron chi connectivity index (χ1n) is 8.27. The van der Waals surface area contributed by atoms with Crippen molar-refractivity contribution >= 4 is 5.71 Å². The van der Waals surface area contributed by atoms with Crippen LogP contribution in [0, 0.1) is 11.8 Å². The minimum atomic E-state index is 0.154. The van der Waals surface area contributed by atoms with Gasteiger partial charge in [-0.25, -0.2) is 0 Å². The predicted molar refractivity (Wildman–Crippen MR) is 93.7 cm³/mol. The fourth-order valence-corrected chi connectivity index (χ4v) is 3.66. The van der Waals surface area contributed by atoms with Crippen LogP contribution >= 0.6 is 0 Å². The Morgan fingerprint density at radius 1 is 0.957 bits per heavy atom. The highest BCUT2D eigenvalue weighted by molar-refractivity contribution is 5.89. The topological polar surface area (TPSA) is 44.6 Å². The largest absolute Gasteiger partial charge is 0.411 e. The molecule has 2 N–H and O–H groups in total. The van der Waals surface area contributed by atoms with E-state index in [1.165, 1.54) is 11.1 Å². The summed E-state index contributed by atoms with van der Waals surface area (Å²) < 4.78 is 0. The van der Waals surface area contributed by atoms with Crippen molar-refractivity contribution in [3.8, 4) is 0 Å². The standard InChI is InChI=1S/C20H24N2O/c1-14(2)19-18(22-23)13-17(15-9-5-3-6-10-15)21-20(19)16-11-7-4-8-12-16/h3-12,14,17,19-21,23H,13H2,1-2H3/b22-18-. The first-order valence-corrected chi connectivity index (χ1v) is 8.27. The van der Waals surface area contributed by atoms with E-state index in [0.29, 0.717) is 5.92 Å². The van der Waals surface area contributed by atoms with Crippen molar-refractivity contribution in [2.75, 3.05) is 0 Å². The van der Waals surface area contributed by atoms with Gasteiger partial charge in [0, 0.05) is 24.4 Å². The molecular formula is C20H24N2O. The van der Waals surface area contributed by atoms with Gasteiger partial charge in [0.05, 0.1) is 5.71 Å². The average molecular weight is 308 g/mol. The maximum Gasteiger partial charge on any atom is 0.0642 e. The Morgan fingerprint density at radius 2 is 1.52 bits per heavy atom. The van der Waals surface area contributed by atoms with Gasteiger partial charge in [-0.2, -0.15) is 0 Å². The van der Waals surface area contributed by atoms with Crippen LogP contribution in [0.15, 0.2) is 65.8 Å². The number of nitrogens with one attached hydrogen (secondary N) is 1. The van der Waals surface area contributed by atoms with Crippen molar-refractivity contribution in [1.82, 2.24) is 5.32 Å². The third kappa shape index (κ3) is 3.30. The van der Waals surface area contributed by atoms with Gasteiger partial charge < -0.3 is 10.5 Å². The molecule has 3 heteroatoms. The molecule has 1 fully saturated rings. The van der Waals surface area contributed by atoms with Gasteiger partial charge in [0.1, 0.15) is 0 Å². The minimum Gasteiger partial charge on any atom is -0.411 e. The van der Waals surface area contributed by atoms with Crippen molar-refractivity contribution in [2.24, 2.45) is 17.0 Å². The van der Waals surface area contributed by atoms with E-state index >= 15 is 0 Å². The molecule has 3 atom stereocenters. The summed E-state index contributed by atoms with van der Waals surface area (Å²) in [6.07, 6.45) is 0.743. The smallest absolute Gasteiger partial charge is 0.0642 e. The van der Waals surface area contributed by atoms with Gasteiger partial charge in [0.25, 0.3) is 0 Å². The molecule has 0 bridgehead atoms. The number of nitrogens with zero attached hydrogens (tertiary/aromatic N) is 1. The summed E-state index contributed by atoms with van der Waals surface area (Å²) in [5, 5.41) is 17.1. The molecule has 23 heavy (non-hydrogen) atoms.